The second-order valence-electron chi connectivity index (χ2n) is 9.59. The van der Waals surface area contributed by atoms with Crippen LogP contribution in [0.5, 0.6) is 11.5 Å². The fourth-order valence-corrected chi connectivity index (χ4v) is 4.08. The Hall–Kier alpha value is -2.82. The zero-order valence-electron chi connectivity index (χ0n) is 19.6. The Morgan fingerprint density at radius 3 is 1.48 bits per heavy atom. The number of hydrogen-bond donors (Lipinski definition) is 0. The highest BCUT2D eigenvalue weighted by atomic mass is 16.6. The first-order chi connectivity index (χ1) is 16.0. The minimum absolute atomic E-state index is 0.0931. The largest absolute Gasteiger partial charge is 0.491 e. The molecule has 2 heterocycles. The van der Waals surface area contributed by atoms with Gasteiger partial charge in [0.05, 0.1) is 13.2 Å². The van der Waals surface area contributed by atoms with Crippen molar-refractivity contribution in [2.75, 3.05) is 26.4 Å². The van der Waals surface area contributed by atoms with Gasteiger partial charge in [-0.1, -0.05) is 69.3 Å². The Kier molecular flexibility index (Phi) is 6.13. The Morgan fingerprint density at radius 2 is 1.06 bits per heavy atom. The molecule has 3 atom stereocenters. The molecule has 0 spiro atoms. The first-order valence-corrected chi connectivity index (χ1v) is 11.8. The zero-order chi connectivity index (χ0) is 22.8. The molecule has 0 aliphatic carbocycles. The summed E-state index contributed by atoms with van der Waals surface area (Å²) < 4.78 is 22.0. The first-order valence-electron chi connectivity index (χ1n) is 11.8. The Balaban J connectivity index is 1.23. The average molecular weight is 445 g/mol. The Labute approximate surface area is 196 Å². The lowest BCUT2D eigenvalue weighted by Gasteiger charge is -2.27. The highest BCUT2D eigenvalue weighted by Crippen LogP contribution is 2.34. The number of epoxide rings is 2. The van der Waals surface area contributed by atoms with E-state index in [1.807, 2.05) is 0 Å². The van der Waals surface area contributed by atoms with Crippen LogP contribution >= 0.6 is 0 Å². The topological polar surface area (TPSA) is 43.5 Å². The summed E-state index contributed by atoms with van der Waals surface area (Å²) in [4.78, 5) is 0. The van der Waals surface area contributed by atoms with Crippen molar-refractivity contribution < 1.29 is 18.9 Å². The fourth-order valence-electron chi connectivity index (χ4n) is 4.08. The first kappa shape index (κ1) is 22.0. The molecule has 3 aromatic carbocycles. The number of ether oxygens (including phenoxy) is 4. The molecule has 4 heteroatoms. The molecular weight excluding hydrogens is 412 g/mol. The van der Waals surface area contributed by atoms with Gasteiger partial charge in [0.25, 0.3) is 0 Å². The van der Waals surface area contributed by atoms with Crippen LogP contribution in [0.4, 0.5) is 0 Å². The lowest BCUT2D eigenvalue weighted by molar-refractivity contribution is 0.263. The van der Waals surface area contributed by atoms with E-state index in [0.717, 1.165) is 24.7 Å². The molecule has 4 nitrogen and oxygen atoms in total. The molecule has 2 saturated heterocycles. The van der Waals surface area contributed by atoms with E-state index < -0.39 is 0 Å². The fraction of sp³-hybridized carbons (Fsp3) is 0.379. The van der Waals surface area contributed by atoms with Crippen molar-refractivity contribution in [1.29, 1.82) is 0 Å². The summed E-state index contributed by atoms with van der Waals surface area (Å²) in [6.07, 6.45) is 0.552. The van der Waals surface area contributed by atoms with Crippen LogP contribution in [-0.2, 0) is 14.9 Å². The number of benzene rings is 3. The van der Waals surface area contributed by atoms with Crippen LogP contribution in [0.1, 0.15) is 48.9 Å². The Morgan fingerprint density at radius 1 is 0.697 bits per heavy atom. The Bertz CT molecular complexity index is 1050. The van der Waals surface area contributed by atoms with Gasteiger partial charge in [-0.25, -0.2) is 0 Å². The summed E-state index contributed by atoms with van der Waals surface area (Å²) in [5, 5.41) is 0. The van der Waals surface area contributed by atoms with Crippen molar-refractivity contribution in [2.45, 2.75) is 44.3 Å². The molecule has 2 aliphatic heterocycles. The quantitative estimate of drug-likeness (QED) is 0.375. The van der Waals surface area contributed by atoms with Crippen LogP contribution in [0.3, 0.4) is 0 Å². The summed E-state index contributed by atoms with van der Waals surface area (Å²) in [5.74, 6) is 2.11. The monoisotopic (exact) mass is 444 g/mol. The van der Waals surface area contributed by atoms with Gasteiger partial charge in [0, 0.05) is 11.3 Å². The van der Waals surface area contributed by atoms with Gasteiger partial charge in [-0.15, -0.1) is 0 Å². The smallest absolute Gasteiger partial charge is 0.119 e. The van der Waals surface area contributed by atoms with Gasteiger partial charge in [0.1, 0.15) is 36.9 Å². The van der Waals surface area contributed by atoms with Crippen molar-refractivity contribution in [3.05, 3.63) is 95.1 Å². The molecule has 0 radical (unpaired) electrons. The van der Waals surface area contributed by atoms with Crippen LogP contribution in [0, 0.1) is 0 Å². The zero-order valence-corrected chi connectivity index (χ0v) is 19.6. The normalized spacial score (nSPS) is 20.2. The van der Waals surface area contributed by atoms with Crippen molar-refractivity contribution in [3.8, 4) is 11.5 Å². The molecule has 33 heavy (non-hydrogen) atoms. The SMILES string of the molecule is CC(c1ccc(OCC2CO2)cc1)c1ccc(C(C)(C)c2ccc(OCC3CO3)cc2)cc1. The maximum absolute atomic E-state index is 5.78. The molecule has 2 aliphatic rings. The van der Waals surface area contributed by atoms with E-state index in [4.69, 9.17) is 18.9 Å². The molecule has 3 aromatic rings. The van der Waals surface area contributed by atoms with Crippen molar-refractivity contribution >= 4 is 0 Å². The van der Waals surface area contributed by atoms with E-state index in [1.165, 1.54) is 22.3 Å². The summed E-state index contributed by atoms with van der Waals surface area (Å²) in [5.41, 5.74) is 5.06. The number of rotatable bonds is 10. The van der Waals surface area contributed by atoms with E-state index in [2.05, 4.69) is 93.6 Å². The lowest BCUT2D eigenvalue weighted by Crippen LogP contribution is -2.19. The molecule has 0 aromatic heterocycles. The minimum Gasteiger partial charge on any atom is -0.491 e. The molecule has 3 unspecified atom stereocenters. The molecule has 0 N–H and O–H groups in total. The predicted molar refractivity (Wildman–Crippen MR) is 129 cm³/mol. The summed E-state index contributed by atoms with van der Waals surface area (Å²) in [7, 11) is 0. The van der Waals surface area contributed by atoms with E-state index in [0.29, 0.717) is 19.1 Å². The summed E-state index contributed by atoms with van der Waals surface area (Å²) >= 11 is 0. The lowest BCUT2D eigenvalue weighted by atomic mass is 9.77. The average Bonchev–Trinajstić information content (AvgIpc) is 3.77. The van der Waals surface area contributed by atoms with Crippen LogP contribution in [0.2, 0.25) is 0 Å². The molecule has 0 bridgehead atoms. The van der Waals surface area contributed by atoms with Crippen LogP contribution in [0.15, 0.2) is 72.8 Å². The molecule has 0 amide bonds. The molecule has 0 saturated carbocycles. The highest BCUT2D eigenvalue weighted by Gasteiger charge is 2.25. The second kappa shape index (κ2) is 9.20. The summed E-state index contributed by atoms with van der Waals surface area (Å²) in [6, 6.07) is 25.9. The minimum atomic E-state index is -0.0931. The van der Waals surface area contributed by atoms with Gasteiger partial charge >= 0.3 is 0 Å². The van der Waals surface area contributed by atoms with Gasteiger partial charge in [-0.05, 0) is 46.5 Å². The summed E-state index contributed by atoms with van der Waals surface area (Å²) in [6.45, 7) is 9.69. The van der Waals surface area contributed by atoms with Crippen molar-refractivity contribution in [2.24, 2.45) is 0 Å². The van der Waals surface area contributed by atoms with Crippen LogP contribution in [0.25, 0.3) is 0 Å². The van der Waals surface area contributed by atoms with E-state index in [9.17, 15) is 0 Å². The third-order valence-electron chi connectivity index (χ3n) is 6.76. The van der Waals surface area contributed by atoms with Gasteiger partial charge in [0.2, 0.25) is 0 Å². The van der Waals surface area contributed by atoms with Gasteiger partial charge in [0.15, 0.2) is 0 Å². The molecular formula is C29H32O4. The van der Waals surface area contributed by atoms with Gasteiger partial charge in [-0.3, -0.25) is 0 Å². The maximum Gasteiger partial charge on any atom is 0.119 e. The molecule has 2 fully saturated rings. The van der Waals surface area contributed by atoms with E-state index in [-0.39, 0.29) is 17.6 Å². The molecule has 5 rings (SSSR count). The third-order valence-corrected chi connectivity index (χ3v) is 6.76. The van der Waals surface area contributed by atoms with Crippen molar-refractivity contribution in [1.82, 2.24) is 0 Å². The second-order valence-corrected chi connectivity index (χ2v) is 9.59. The predicted octanol–water partition coefficient (Wildman–Crippen LogP) is 5.72. The van der Waals surface area contributed by atoms with Crippen LogP contribution < -0.4 is 9.47 Å². The molecule has 172 valence electrons. The van der Waals surface area contributed by atoms with E-state index in [1.54, 1.807) is 0 Å². The maximum atomic E-state index is 5.78. The van der Waals surface area contributed by atoms with Crippen LogP contribution in [-0.4, -0.2) is 38.6 Å². The van der Waals surface area contributed by atoms with Gasteiger partial charge < -0.3 is 18.9 Å². The highest BCUT2D eigenvalue weighted by molar-refractivity contribution is 5.43. The van der Waals surface area contributed by atoms with E-state index >= 15 is 0 Å². The number of hydrogen-bond acceptors (Lipinski definition) is 4. The third kappa shape index (κ3) is 5.40. The van der Waals surface area contributed by atoms with Crippen molar-refractivity contribution in [3.63, 3.8) is 0 Å². The standard InChI is InChI=1S/C29H32O4/c1-20(22-6-12-25(13-7-22)30-16-27-18-32-27)21-4-8-23(9-5-21)29(2,3)24-10-14-26(15-11-24)31-17-28-19-33-28/h4-15,20,27-28H,16-19H2,1-3H3. The van der Waals surface area contributed by atoms with Gasteiger partial charge in [-0.2, -0.15) is 0 Å².